The van der Waals surface area contributed by atoms with Gasteiger partial charge in [0.1, 0.15) is 6.04 Å². The predicted molar refractivity (Wildman–Crippen MR) is 87.9 cm³/mol. The number of aromatic nitrogens is 1. The lowest BCUT2D eigenvalue weighted by Gasteiger charge is -2.18. The van der Waals surface area contributed by atoms with Crippen molar-refractivity contribution < 1.29 is 4.79 Å². The number of likely N-dealkylation sites (tertiary alicyclic amines) is 1. The number of anilines is 1. The van der Waals surface area contributed by atoms with E-state index in [1.807, 2.05) is 4.90 Å². The summed E-state index contributed by atoms with van der Waals surface area (Å²) in [5.41, 5.74) is 3.14. The molecule has 1 N–H and O–H groups in total. The largest absolute Gasteiger partial charge is 0.372 e. The van der Waals surface area contributed by atoms with Crippen LogP contribution in [0.1, 0.15) is 17.5 Å². The molecule has 1 fully saturated rings. The van der Waals surface area contributed by atoms with Gasteiger partial charge in [0.25, 0.3) is 0 Å². The molecule has 3 rings (SSSR count). The molecule has 1 saturated heterocycles. The van der Waals surface area contributed by atoms with Gasteiger partial charge in [-0.25, -0.2) is 0 Å². The molecule has 0 saturated carbocycles. The van der Waals surface area contributed by atoms with E-state index in [9.17, 15) is 4.79 Å². The fraction of sp³-hybridized carbons (Fsp3) is 0.294. The van der Waals surface area contributed by atoms with Gasteiger partial charge in [-0.05, 0) is 25.0 Å². The minimum absolute atomic E-state index is 0.119. The molecular weight excluding hydrogens is 298 g/mol. The van der Waals surface area contributed by atoms with Crippen LogP contribution >= 0.6 is 11.6 Å². The zero-order valence-electron chi connectivity index (χ0n) is 12.4. The van der Waals surface area contributed by atoms with Crippen molar-refractivity contribution in [3.05, 3.63) is 58.9 Å². The number of amides is 1. The van der Waals surface area contributed by atoms with Gasteiger partial charge in [0.2, 0.25) is 5.91 Å². The fourth-order valence-corrected chi connectivity index (χ4v) is 2.80. The number of rotatable bonds is 4. The summed E-state index contributed by atoms with van der Waals surface area (Å²) in [6, 6.07) is 9.86. The summed E-state index contributed by atoms with van der Waals surface area (Å²) < 4.78 is 0. The Morgan fingerprint density at radius 3 is 2.82 bits per heavy atom. The molecule has 1 aliphatic heterocycles. The summed E-state index contributed by atoms with van der Waals surface area (Å²) >= 11 is 6.08. The Bertz CT molecular complexity index is 672. The number of nitrogens with zero attached hydrogens (tertiary/aromatic N) is 2. The Morgan fingerprint density at radius 2 is 2.09 bits per heavy atom. The quantitative estimate of drug-likeness (QED) is 0.942. The maximum absolute atomic E-state index is 12.5. The Morgan fingerprint density at radius 1 is 1.32 bits per heavy atom. The van der Waals surface area contributed by atoms with E-state index in [-0.39, 0.29) is 11.9 Å². The minimum Gasteiger partial charge on any atom is -0.372 e. The molecule has 1 aromatic carbocycles. The van der Waals surface area contributed by atoms with Gasteiger partial charge in [0.15, 0.2) is 0 Å². The third-order valence-electron chi connectivity index (χ3n) is 3.89. The average molecular weight is 316 g/mol. The smallest absolute Gasteiger partial charge is 0.245 e. The number of halogens is 1. The van der Waals surface area contributed by atoms with Crippen molar-refractivity contribution >= 4 is 23.2 Å². The molecule has 22 heavy (non-hydrogen) atoms. The monoisotopic (exact) mass is 315 g/mol. The SMILES string of the molecule is Cc1ccc(CN2CCC(Nc3ccncc3Cl)C2=O)cc1. The lowest BCUT2D eigenvalue weighted by molar-refractivity contribution is -0.128. The van der Waals surface area contributed by atoms with Crippen LogP contribution in [0.2, 0.25) is 5.02 Å². The number of hydrogen-bond donors (Lipinski definition) is 1. The van der Waals surface area contributed by atoms with Crippen molar-refractivity contribution in [3.8, 4) is 0 Å². The predicted octanol–water partition coefficient (Wildman–Crippen LogP) is 3.26. The van der Waals surface area contributed by atoms with Gasteiger partial charge in [-0.2, -0.15) is 0 Å². The number of nitrogens with one attached hydrogen (secondary N) is 1. The highest BCUT2D eigenvalue weighted by Gasteiger charge is 2.31. The minimum atomic E-state index is -0.217. The van der Waals surface area contributed by atoms with Gasteiger partial charge < -0.3 is 10.2 Å². The van der Waals surface area contributed by atoms with Crippen LogP contribution in [0, 0.1) is 6.92 Å². The van der Waals surface area contributed by atoms with E-state index in [1.54, 1.807) is 18.5 Å². The summed E-state index contributed by atoms with van der Waals surface area (Å²) in [6.07, 6.45) is 4.02. The average Bonchev–Trinajstić information content (AvgIpc) is 2.85. The first kappa shape index (κ1) is 14.9. The van der Waals surface area contributed by atoms with E-state index in [2.05, 4.69) is 41.5 Å². The van der Waals surface area contributed by atoms with Crippen molar-refractivity contribution in [2.45, 2.75) is 25.9 Å². The molecule has 114 valence electrons. The van der Waals surface area contributed by atoms with Crippen LogP contribution in [0.3, 0.4) is 0 Å². The maximum atomic E-state index is 12.5. The van der Waals surface area contributed by atoms with Gasteiger partial charge in [-0.15, -0.1) is 0 Å². The Balaban J connectivity index is 1.65. The summed E-state index contributed by atoms with van der Waals surface area (Å²) in [5, 5.41) is 3.76. The first-order valence-electron chi connectivity index (χ1n) is 7.34. The zero-order chi connectivity index (χ0) is 15.5. The summed E-state index contributed by atoms with van der Waals surface area (Å²) in [5.74, 6) is 0.119. The Hall–Kier alpha value is -2.07. The number of carbonyl (C=O) groups excluding carboxylic acids is 1. The number of benzene rings is 1. The van der Waals surface area contributed by atoms with E-state index >= 15 is 0 Å². The van der Waals surface area contributed by atoms with E-state index < -0.39 is 0 Å². The second kappa shape index (κ2) is 6.36. The number of hydrogen-bond acceptors (Lipinski definition) is 3. The van der Waals surface area contributed by atoms with E-state index in [1.165, 1.54) is 5.56 Å². The van der Waals surface area contributed by atoms with Gasteiger partial charge in [-0.1, -0.05) is 41.4 Å². The molecule has 0 aliphatic carbocycles. The molecule has 2 heterocycles. The molecule has 5 heteroatoms. The van der Waals surface area contributed by atoms with Crippen LogP contribution in [0.5, 0.6) is 0 Å². The molecule has 0 bridgehead atoms. The molecule has 1 amide bonds. The second-order valence-corrected chi connectivity index (χ2v) is 5.99. The molecule has 2 aromatic rings. The molecule has 0 radical (unpaired) electrons. The second-order valence-electron chi connectivity index (χ2n) is 5.59. The molecule has 1 aliphatic rings. The molecule has 0 spiro atoms. The normalized spacial score (nSPS) is 17.8. The maximum Gasteiger partial charge on any atom is 0.245 e. The molecular formula is C17H18ClN3O. The Kier molecular flexibility index (Phi) is 4.29. The summed E-state index contributed by atoms with van der Waals surface area (Å²) in [6.45, 7) is 3.47. The van der Waals surface area contributed by atoms with Crippen molar-refractivity contribution in [1.29, 1.82) is 0 Å². The lowest BCUT2D eigenvalue weighted by atomic mass is 10.1. The molecule has 1 aromatic heterocycles. The third kappa shape index (κ3) is 3.22. The van der Waals surface area contributed by atoms with Crippen molar-refractivity contribution in [1.82, 2.24) is 9.88 Å². The zero-order valence-corrected chi connectivity index (χ0v) is 13.2. The lowest BCUT2D eigenvalue weighted by Crippen LogP contribution is -2.33. The highest BCUT2D eigenvalue weighted by atomic mass is 35.5. The molecule has 1 unspecified atom stereocenters. The van der Waals surface area contributed by atoms with Crippen molar-refractivity contribution in [2.24, 2.45) is 0 Å². The Labute approximate surface area is 135 Å². The fourth-order valence-electron chi connectivity index (χ4n) is 2.62. The summed E-state index contributed by atoms with van der Waals surface area (Å²) in [4.78, 5) is 18.3. The molecule has 1 atom stereocenters. The van der Waals surface area contributed by atoms with E-state index in [0.29, 0.717) is 11.6 Å². The van der Waals surface area contributed by atoms with E-state index in [4.69, 9.17) is 11.6 Å². The van der Waals surface area contributed by atoms with Crippen LogP contribution in [-0.2, 0) is 11.3 Å². The topological polar surface area (TPSA) is 45.2 Å². The van der Waals surface area contributed by atoms with Crippen molar-refractivity contribution in [3.63, 3.8) is 0 Å². The molecule has 4 nitrogen and oxygen atoms in total. The highest BCUT2D eigenvalue weighted by molar-refractivity contribution is 6.33. The number of pyridine rings is 1. The van der Waals surface area contributed by atoms with Crippen molar-refractivity contribution in [2.75, 3.05) is 11.9 Å². The van der Waals surface area contributed by atoms with Gasteiger partial charge in [0, 0.05) is 25.5 Å². The van der Waals surface area contributed by atoms with Gasteiger partial charge in [-0.3, -0.25) is 9.78 Å². The highest BCUT2D eigenvalue weighted by Crippen LogP contribution is 2.24. The van der Waals surface area contributed by atoms with Crippen LogP contribution in [0.25, 0.3) is 0 Å². The number of carbonyl (C=O) groups is 1. The van der Waals surface area contributed by atoms with Crippen LogP contribution in [0.15, 0.2) is 42.7 Å². The van der Waals surface area contributed by atoms with Gasteiger partial charge in [0.05, 0.1) is 10.7 Å². The third-order valence-corrected chi connectivity index (χ3v) is 4.19. The van der Waals surface area contributed by atoms with Crippen LogP contribution < -0.4 is 5.32 Å². The van der Waals surface area contributed by atoms with Crippen LogP contribution in [-0.4, -0.2) is 28.4 Å². The summed E-state index contributed by atoms with van der Waals surface area (Å²) in [7, 11) is 0. The standard InChI is InChI=1S/C17H18ClN3O/c1-12-2-4-13(5-3-12)11-21-9-7-16(17(21)22)20-15-6-8-19-10-14(15)18/h2-6,8,10,16H,7,9,11H2,1H3,(H,19,20). The van der Waals surface area contributed by atoms with Crippen LogP contribution in [0.4, 0.5) is 5.69 Å². The number of aryl methyl sites for hydroxylation is 1. The van der Waals surface area contributed by atoms with Gasteiger partial charge >= 0.3 is 0 Å². The van der Waals surface area contributed by atoms with E-state index in [0.717, 1.165) is 24.2 Å². The first-order chi connectivity index (χ1) is 10.6. The first-order valence-corrected chi connectivity index (χ1v) is 7.71.